The van der Waals surface area contributed by atoms with Gasteiger partial charge in [0.25, 0.3) is 0 Å². The van der Waals surface area contributed by atoms with Crippen molar-refractivity contribution < 1.29 is 0 Å². The van der Waals surface area contributed by atoms with Crippen molar-refractivity contribution in [3.8, 4) is 0 Å². The van der Waals surface area contributed by atoms with Crippen molar-refractivity contribution in [3.63, 3.8) is 0 Å². The second-order valence-electron chi connectivity index (χ2n) is 5.72. The molecule has 2 atom stereocenters. The Morgan fingerprint density at radius 3 is 2.07 bits per heavy atom. The van der Waals surface area contributed by atoms with Gasteiger partial charge < -0.3 is 0 Å². The number of hydrogen-bond acceptors (Lipinski definition) is 1. The molecule has 0 saturated heterocycles. The monoisotopic (exact) mass is 226 g/mol. The van der Waals surface area contributed by atoms with Gasteiger partial charge in [-0.25, -0.2) is 0 Å². The van der Waals surface area contributed by atoms with E-state index in [1.165, 1.54) is 64.2 Å². The molecule has 0 heterocycles. The van der Waals surface area contributed by atoms with E-state index in [2.05, 4.69) is 12.6 Å². The summed E-state index contributed by atoms with van der Waals surface area (Å²) < 4.78 is 0. The van der Waals surface area contributed by atoms with Crippen LogP contribution in [0.15, 0.2) is 0 Å². The highest BCUT2D eigenvalue weighted by atomic mass is 32.1. The summed E-state index contributed by atoms with van der Waals surface area (Å²) in [4.78, 5) is 0. The Labute approximate surface area is 101 Å². The van der Waals surface area contributed by atoms with Crippen LogP contribution in [0.4, 0.5) is 0 Å². The van der Waals surface area contributed by atoms with Crippen LogP contribution in [-0.4, -0.2) is 5.75 Å². The molecule has 0 aromatic heterocycles. The summed E-state index contributed by atoms with van der Waals surface area (Å²) in [6.45, 7) is 0. The molecule has 2 fully saturated rings. The van der Waals surface area contributed by atoms with Crippen LogP contribution < -0.4 is 0 Å². The quantitative estimate of drug-likeness (QED) is 0.512. The van der Waals surface area contributed by atoms with Crippen LogP contribution in [0.3, 0.4) is 0 Å². The molecular formula is C14H26S. The molecule has 2 unspecified atom stereocenters. The minimum atomic E-state index is 0.932. The van der Waals surface area contributed by atoms with E-state index in [4.69, 9.17) is 0 Å². The molecule has 1 heteroatoms. The van der Waals surface area contributed by atoms with Crippen LogP contribution in [0.5, 0.6) is 0 Å². The second kappa shape index (κ2) is 6.18. The van der Waals surface area contributed by atoms with Crippen molar-refractivity contribution in [3.05, 3.63) is 0 Å². The fourth-order valence-electron chi connectivity index (χ4n) is 3.67. The highest BCUT2D eigenvalue weighted by Crippen LogP contribution is 2.38. The third-order valence-electron chi connectivity index (χ3n) is 4.71. The number of hydrogen-bond donors (Lipinski definition) is 1. The van der Waals surface area contributed by atoms with Crippen LogP contribution in [-0.2, 0) is 0 Å². The lowest BCUT2D eigenvalue weighted by molar-refractivity contribution is 0.225. The molecule has 15 heavy (non-hydrogen) atoms. The Morgan fingerprint density at radius 2 is 1.33 bits per heavy atom. The molecular weight excluding hydrogens is 200 g/mol. The van der Waals surface area contributed by atoms with Gasteiger partial charge in [-0.1, -0.05) is 44.9 Å². The lowest BCUT2D eigenvalue weighted by Crippen LogP contribution is -2.17. The zero-order valence-corrected chi connectivity index (χ0v) is 10.9. The van der Waals surface area contributed by atoms with Gasteiger partial charge in [-0.2, -0.15) is 12.6 Å². The summed E-state index contributed by atoms with van der Waals surface area (Å²) >= 11 is 4.47. The number of thiol groups is 1. The zero-order chi connectivity index (χ0) is 10.5. The lowest BCUT2D eigenvalue weighted by Gasteiger charge is -2.29. The van der Waals surface area contributed by atoms with Gasteiger partial charge in [0.05, 0.1) is 0 Å². The van der Waals surface area contributed by atoms with Crippen LogP contribution in [0.25, 0.3) is 0 Å². The van der Waals surface area contributed by atoms with E-state index in [1.807, 2.05) is 0 Å². The first kappa shape index (κ1) is 11.8. The Kier molecular flexibility index (Phi) is 4.87. The molecule has 0 radical (unpaired) electrons. The Bertz CT molecular complexity index is 172. The molecule has 0 bridgehead atoms. The smallest absolute Gasteiger partial charge is 0.00695 e. The first-order chi connectivity index (χ1) is 7.40. The van der Waals surface area contributed by atoms with Gasteiger partial charge in [0.2, 0.25) is 0 Å². The summed E-state index contributed by atoms with van der Waals surface area (Å²) in [5, 5.41) is 0. The molecule has 0 amide bonds. The highest BCUT2D eigenvalue weighted by Gasteiger charge is 2.26. The summed E-state index contributed by atoms with van der Waals surface area (Å²) in [7, 11) is 0. The fraction of sp³-hybridized carbons (Fsp3) is 1.00. The molecule has 0 aromatic carbocycles. The molecule has 0 nitrogen and oxygen atoms in total. The van der Waals surface area contributed by atoms with Gasteiger partial charge >= 0.3 is 0 Å². The van der Waals surface area contributed by atoms with Gasteiger partial charge in [-0.3, -0.25) is 0 Å². The maximum Gasteiger partial charge on any atom is -0.00695 e. The van der Waals surface area contributed by atoms with Crippen molar-refractivity contribution in [2.24, 2.45) is 17.8 Å². The van der Waals surface area contributed by atoms with Crippen LogP contribution in [0.1, 0.15) is 64.2 Å². The van der Waals surface area contributed by atoms with Crippen LogP contribution in [0.2, 0.25) is 0 Å². The minimum Gasteiger partial charge on any atom is -0.179 e. The lowest BCUT2D eigenvalue weighted by atomic mass is 9.77. The summed E-state index contributed by atoms with van der Waals surface area (Å²) in [6.07, 6.45) is 15.0. The summed E-state index contributed by atoms with van der Waals surface area (Å²) in [5.41, 5.74) is 0. The molecule has 0 N–H and O–H groups in total. The van der Waals surface area contributed by atoms with Crippen molar-refractivity contribution in [2.75, 3.05) is 5.75 Å². The van der Waals surface area contributed by atoms with Crippen molar-refractivity contribution in [1.82, 2.24) is 0 Å². The van der Waals surface area contributed by atoms with Crippen LogP contribution in [0, 0.1) is 17.8 Å². The van der Waals surface area contributed by atoms with Crippen molar-refractivity contribution in [1.29, 1.82) is 0 Å². The van der Waals surface area contributed by atoms with E-state index in [9.17, 15) is 0 Å². The van der Waals surface area contributed by atoms with E-state index < -0.39 is 0 Å². The van der Waals surface area contributed by atoms with Gasteiger partial charge in [0, 0.05) is 0 Å². The van der Waals surface area contributed by atoms with Crippen molar-refractivity contribution >= 4 is 12.6 Å². The van der Waals surface area contributed by atoms with Gasteiger partial charge in [-0.15, -0.1) is 0 Å². The largest absolute Gasteiger partial charge is 0.179 e. The highest BCUT2D eigenvalue weighted by molar-refractivity contribution is 7.80. The normalized spacial score (nSPS) is 35.0. The van der Waals surface area contributed by atoms with Gasteiger partial charge in [0.1, 0.15) is 0 Å². The maximum atomic E-state index is 4.47. The van der Waals surface area contributed by atoms with E-state index in [1.54, 1.807) is 0 Å². The maximum absolute atomic E-state index is 4.47. The Balaban J connectivity index is 1.81. The third kappa shape index (κ3) is 3.41. The van der Waals surface area contributed by atoms with Crippen LogP contribution >= 0.6 is 12.6 Å². The predicted octanol–water partition coefficient (Wildman–Crippen LogP) is 4.69. The first-order valence-electron chi connectivity index (χ1n) is 7.01. The molecule has 2 aliphatic rings. The Hall–Kier alpha value is 0.350. The molecule has 2 saturated carbocycles. The van der Waals surface area contributed by atoms with Crippen molar-refractivity contribution in [2.45, 2.75) is 64.2 Å². The Morgan fingerprint density at radius 1 is 0.667 bits per heavy atom. The molecule has 88 valence electrons. The first-order valence-corrected chi connectivity index (χ1v) is 7.64. The average Bonchev–Trinajstić information content (AvgIpc) is 2.55. The van der Waals surface area contributed by atoms with E-state index in [-0.39, 0.29) is 0 Å². The van der Waals surface area contributed by atoms with E-state index >= 15 is 0 Å². The third-order valence-corrected chi connectivity index (χ3v) is 5.22. The van der Waals surface area contributed by atoms with E-state index in [0.29, 0.717) is 0 Å². The topological polar surface area (TPSA) is 0 Å². The fourth-order valence-corrected chi connectivity index (χ4v) is 4.03. The molecule has 0 aromatic rings. The summed E-state index contributed by atoms with van der Waals surface area (Å²) in [6, 6.07) is 0. The summed E-state index contributed by atoms with van der Waals surface area (Å²) in [5.74, 6) is 4.23. The molecule has 2 aliphatic carbocycles. The second-order valence-corrected chi connectivity index (χ2v) is 6.08. The SMILES string of the molecule is SCC1CCCC(C2CCCCC2)CC1. The van der Waals surface area contributed by atoms with Gasteiger partial charge in [0.15, 0.2) is 0 Å². The molecule has 0 spiro atoms. The zero-order valence-electron chi connectivity index (χ0n) is 9.96. The van der Waals surface area contributed by atoms with E-state index in [0.717, 1.165) is 23.5 Å². The van der Waals surface area contributed by atoms with Gasteiger partial charge in [-0.05, 0) is 42.8 Å². The molecule has 0 aliphatic heterocycles. The molecule has 2 rings (SSSR count). The predicted molar refractivity (Wildman–Crippen MR) is 70.5 cm³/mol. The minimum absolute atomic E-state index is 0.932. The average molecular weight is 226 g/mol. The standard InChI is InChI=1S/C14H26S/c15-11-12-5-4-8-14(10-9-12)13-6-2-1-3-7-13/h12-15H,1-11H2. The number of rotatable bonds is 2.